The average molecular weight is 350 g/mol. The zero-order valence-corrected chi connectivity index (χ0v) is 15.0. The van der Waals surface area contributed by atoms with Gasteiger partial charge in [0.2, 0.25) is 0 Å². The Morgan fingerprint density at radius 2 is 1.67 bits per heavy atom. The highest BCUT2D eigenvalue weighted by molar-refractivity contribution is 9.10. The lowest BCUT2D eigenvalue weighted by molar-refractivity contribution is 0.445. The smallest absolute Gasteiger partial charge is 0.169 e. The Bertz CT molecular complexity index is 601. The van der Waals surface area contributed by atoms with E-state index in [1.165, 1.54) is 16.7 Å². The fourth-order valence-corrected chi connectivity index (χ4v) is 2.97. The van der Waals surface area contributed by atoms with Gasteiger partial charge in [0.15, 0.2) is 4.67 Å². The molecule has 0 aliphatic heterocycles. The Labute approximate surface area is 136 Å². The number of hydrogen-bond donors (Lipinski definition) is 1. The maximum absolute atomic E-state index is 5.76. The van der Waals surface area contributed by atoms with Gasteiger partial charge in [-0.15, -0.1) is 0 Å². The fourth-order valence-electron chi connectivity index (χ4n) is 2.65. The van der Waals surface area contributed by atoms with Crippen LogP contribution >= 0.6 is 15.9 Å². The summed E-state index contributed by atoms with van der Waals surface area (Å²) in [5, 5.41) is 3.38. The molecule has 114 valence electrons. The van der Waals surface area contributed by atoms with E-state index in [4.69, 9.17) is 4.42 Å². The summed E-state index contributed by atoms with van der Waals surface area (Å²) in [7, 11) is 1.97. The third-order valence-corrected chi connectivity index (χ3v) is 4.30. The monoisotopic (exact) mass is 349 g/mol. The van der Waals surface area contributed by atoms with Crippen LogP contribution in [0.4, 0.5) is 0 Å². The molecule has 1 heterocycles. The van der Waals surface area contributed by atoms with Crippen LogP contribution in [0.1, 0.15) is 68.0 Å². The summed E-state index contributed by atoms with van der Waals surface area (Å²) >= 11 is 3.39. The molecule has 3 heteroatoms. The molecule has 0 spiro atoms. The molecule has 1 aromatic heterocycles. The summed E-state index contributed by atoms with van der Waals surface area (Å²) in [4.78, 5) is 0. The van der Waals surface area contributed by atoms with Crippen molar-refractivity contribution in [3.8, 4) is 0 Å². The zero-order valence-electron chi connectivity index (χ0n) is 13.4. The first-order chi connectivity index (χ1) is 9.93. The number of hydrogen-bond acceptors (Lipinski definition) is 2. The van der Waals surface area contributed by atoms with Crippen LogP contribution in [-0.2, 0) is 0 Å². The predicted molar refractivity (Wildman–Crippen MR) is 91.9 cm³/mol. The van der Waals surface area contributed by atoms with Crippen LogP contribution in [0.3, 0.4) is 0 Å². The van der Waals surface area contributed by atoms with E-state index in [0.717, 1.165) is 10.4 Å². The number of rotatable bonds is 5. The van der Waals surface area contributed by atoms with E-state index in [1.807, 2.05) is 19.2 Å². The molecule has 1 atom stereocenters. The Hall–Kier alpha value is -1.06. The molecule has 1 aromatic carbocycles. The number of furan rings is 1. The highest BCUT2D eigenvalue weighted by atomic mass is 79.9. The van der Waals surface area contributed by atoms with Crippen molar-refractivity contribution in [3.05, 3.63) is 57.5 Å². The number of benzene rings is 1. The van der Waals surface area contributed by atoms with Crippen molar-refractivity contribution in [1.29, 1.82) is 0 Å². The maximum Gasteiger partial charge on any atom is 0.169 e. The van der Waals surface area contributed by atoms with Gasteiger partial charge in [-0.3, -0.25) is 0 Å². The second-order valence-electron chi connectivity index (χ2n) is 6.06. The van der Waals surface area contributed by atoms with E-state index < -0.39 is 0 Å². The summed E-state index contributed by atoms with van der Waals surface area (Å²) < 4.78 is 6.52. The van der Waals surface area contributed by atoms with Crippen molar-refractivity contribution in [2.75, 3.05) is 7.05 Å². The summed E-state index contributed by atoms with van der Waals surface area (Å²) in [5.41, 5.74) is 4.06. The van der Waals surface area contributed by atoms with Gasteiger partial charge in [0, 0.05) is 0 Å². The van der Waals surface area contributed by atoms with Gasteiger partial charge in [0.25, 0.3) is 0 Å². The second-order valence-corrected chi connectivity index (χ2v) is 6.84. The molecule has 2 rings (SSSR count). The first-order valence-corrected chi connectivity index (χ1v) is 8.29. The summed E-state index contributed by atoms with van der Waals surface area (Å²) in [6.07, 6.45) is 0. The molecule has 0 aliphatic rings. The summed E-state index contributed by atoms with van der Waals surface area (Å²) in [6, 6.07) is 10.8. The van der Waals surface area contributed by atoms with Gasteiger partial charge in [-0.2, -0.15) is 0 Å². The lowest BCUT2D eigenvalue weighted by Crippen LogP contribution is -2.19. The first-order valence-electron chi connectivity index (χ1n) is 7.50. The minimum atomic E-state index is 0.0786. The maximum atomic E-state index is 5.76. The minimum absolute atomic E-state index is 0.0786. The van der Waals surface area contributed by atoms with E-state index in [-0.39, 0.29) is 6.04 Å². The predicted octanol–water partition coefficient (Wildman–Crippen LogP) is 5.60. The Kier molecular flexibility index (Phi) is 5.28. The molecule has 2 aromatic rings. The van der Waals surface area contributed by atoms with Crippen molar-refractivity contribution < 1.29 is 4.42 Å². The molecule has 0 saturated heterocycles. The third-order valence-electron chi connectivity index (χ3n) is 3.88. The molecule has 0 amide bonds. The van der Waals surface area contributed by atoms with Crippen LogP contribution in [0.25, 0.3) is 0 Å². The first kappa shape index (κ1) is 16.3. The van der Waals surface area contributed by atoms with E-state index in [9.17, 15) is 0 Å². The quantitative estimate of drug-likeness (QED) is 0.760. The number of halogens is 1. The van der Waals surface area contributed by atoms with Gasteiger partial charge >= 0.3 is 0 Å². The van der Waals surface area contributed by atoms with Crippen molar-refractivity contribution >= 4 is 15.9 Å². The highest BCUT2D eigenvalue weighted by Gasteiger charge is 2.21. The summed E-state index contributed by atoms with van der Waals surface area (Å²) in [5.74, 6) is 1.96. The van der Waals surface area contributed by atoms with Crippen molar-refractivity contribution in [3.63, 3.8) is 0 Å². The molecule has 0 radical (unpaired) electrons. The SMILES string of the molecule is CNC(c1ccc(Br)o1)c1ccc(C(C)C)cc1C(C)C. The molecule has 0 saturated carbocycles. The Morgan fingerprint density at radius 3 is 2.14 bits per heavy atom. The van der Waals surface area contributed by atoms with E-state index in [1.54, 1.807) is 0 Å². The fraction of sp³-hybridized carbons (Fsp3) is 0.444. The van der Waals surface area contributed by atoms with E-state index in [0.29, 0.717) is 11.8 Å². The van der Waals surface area contributed by atoms with Crippen LogP contribution in [0, 0.1) is 0 Å². The molecule has 21 heavy (non-hydrogen) atoms. The minimum Gasteiger partial charge on any atom is -0.452 e. The van der Waals surface area contributed by atoms with Gasteiger partial charge in [-0.25, -0.2) is 0 Å². The highest BCUT2D eigenvalue weighted by Crippen LogP contribution is 2.33. The molecule has 0 bridgehead atoms. The van der Waals surface area contributed by atoms with E-state index in [2.05, 4.69) is 67.1 Å². The van der Waals surface area contributed by atoms with Gasteiger partial charge in [0.05, 0.1) is 6.04 Å². The molecule has 0 fully saturated rings. The molecule has 0 aliphatic carbocycles. The van der Waals surface area contributed by atoms with Crippen LogP contribution in [0.2, 0.25) is 0 Å². The second kappa shape index (κ2) is 6.80. The standard InChI is InChI=1S/C18H24BrNO/c1-11(2)13-6-7-14(15(10-13)12(3)4)18(20-5)16-8-9-17(19)21-16/h6-12,18,20H,1-5H3. The molecular weight excluding hydrogens is 326 g/mol. The van der Waals surface area contributed by atoms with Gasteiger partial charge in [-0.05, 0) is 63.6 Å². The average Bonchev–Trinajstić information content (AvgIpc) is 2.86. The van der Waals surface area contributed by atoms with Crippen LogP contribution in [0.15, 0.2) is 39.4 Å². The molecular formula is C18H24BrNO. The lowest BCUT2D eigenvalue weighted by Gasteiger charge is -2.22. The Balaban J connectivity index is 2.50. The van der Waals surface area contributed by atoms with Gasteiger partial charge < -0.3 is 9.73 Å². The van der Waals surface area contributed by atoms with Crippen molar-refractivity contribution in [2.45, 2.75) is 45.6 Å². The van der Waals surface area contributed by atoms with Gasteiger partial charge in [-0.1, -0.05) is 45.9 Å². The van der Waals surface area contributed by atoms with Crippen LogP contribution in [0.5, 0.6) is 0 Å². The zero-order chi connectivity index (χ0) is 15.6. The van der Waals surface area contributed by atoms with Crippen molar-refractivity contribution in [1.82, 2.24) is 5.32 Å². The third kappa shape index (κ3) is 3.58. The Morgan fingerprint density at radius 1 is 0.952 bits per heavy atom. The number of nitrogens with one attached hydrogen (secondary N) is 1. The summed E-state index contributed by atoms with van der Waals surface area (Å²) in [6.45, 7) is 8.96. The largest absolute Gasteiger partial charge is 0.452 e. The van der Waals surface area contributed by atoms with E-state index >= 15 is 0 Å². The molecule has 1 unspecified atom stereocenters. The van der Waals surface area contributed by atoms with Crippen LogP contribution in [-0.4, -0.2) is 7.05 Å². The normalized spacial score (nSPS) is 13.1. The lowest BCUT2D eigenvalue weighted by atomic mass is 9.88. The van der Waals surface area contributed by atoms with Gasteiger partial charge in [0.1, 0.15) is 5.76 Å². The molecule has 2 nitrogen and oxygen atoms in total. The topological polar surface area (TPSA) is 25.2 Å². The van der Waals surface area contributed by atoms with Crippen LogP contribution < -0.4 is 5.32 Å². The van der Waals surface area contributed by atoms with Crippen molar-refractivity contribution in [2.24, 2.45) is 0 Å². The molecule has 1 N–H and O–H groups in total.